The molecule has 6 nitrogen and oxygen atoms in total. The van der Waals surface area contributed by atoms with Gasteiger partial charge in [-0.3, -0.25) is 4.90 Å². The molecule has 0 N–H and O–H groups in total. The second kappa shape index (κ2) is 8.28. The maximum atomic E-state index is 6.81. The molecular formula is C28H26BrN3O3. The van der Waals surface area contributed by atoms with Gasteiger partial charge in [-0.25, -0.2) is 5.01 Å². The zero-order chi connectivity index (χ0) is 23.4. The number of fused-ring (bicyclic) bond motifs is 5. The number of hydrogen-bond acceptors (Lipinski definition) is 6. The minimum atomic E-state index is -0.434. The van der Waals surface area contributed by atoms with Crippen LogP contribution < -0.4 is 14.2 Å². The number of ether oxygens (including phenoxy) is 3. The van der Waals surface area contributed by atoms with Crippen molar-refractivity contribution in [2.24, 2.45) is 5.10 Å². The first-order valence-corrected chi connectivity index (χ1v) is 13.0. The smallest absolute Gasteiger partial charge is 0.231 e. The van der Waals surface area contributed by atoms with Crippen LogP contribution in [0.2, 0.25) is 0 Å². The number of halogens is 1. The Bertz CT molecular complexity index is 1300. The summed E-state index contributed by atoms with van der Waals surface area (Å²) in [7, 11) is 0. The van der Waals surface area contributed by atoms with Gasteiger partial charge in [-0.2, -0.15) is 5.10 Å². The van der Waals surface area contributed by atoms with E-state index in [1.165, 1.54) is 11.1 Å². The standard InChI is InChI=1S/C28H26BrN3O3/c29-21-7-9-25-22(15-21)24-16-23(20-6-8-26-27(14-20)34-18-33-26)30-32(24)28(35-25)10-12-31(13-11-28)17-19-4-2-1-3-5-19/h1-9,14-15,24H,10-13,16-18H2/t24-/m1/s1. The highest BCUT2D eigenvalue weighted by Crippen LogP contribution is 2.51. The number of nitrogens with zero attached hydrogens (tertiary/aromatic N) is 3. The van der Waals surface area contributed by atoms with Crippen LogP contribution in [0.5, 0.6) is 17.2 Å². The van der Waals surface area contributed by atoms with Gasteiger partial charge in [0.05, 0.1) is 11.8 Å². The molecule has 0 amide bonds. The molecule has 1 saturated heterocycles. The van der Waals surface area contributed by atoms with Gasteiger partial charge in [-0.1, -0.05) is 46.3 Å². The van der Waals surface area contributed by atoms with E-state index in [-0.39, 0.29) is 12.8 Å². The number of hydrogen-bond donors (Lipinski definition) is 0. The van der Waals surface area contributed by atoms with Crippen LogP contribution in [0, 0.1) is 0 Å². The Hall–Kier alpha value is -3.03. The summed E-state index contributed by atoms with van der Waals surface area (Å²) in [5.41, 5.74) is 4.26. The molecular weight excluding hydrogens is 506 g/mol. The van der Waals surface area contributed by atoms with Crippen LogP contribution in [-0.4, -0.2) is 41.2 Å². The number of hydrazone groups is 1. The van der Waals surface area contributed by atoms with Crippen LogP contribution in [0.1, 0.15) is 42.0 Å². The summed E-state index contributed by atoms with van der Waals surface area (Å²) in [6, 6.07) is 23.3. The molecule has 0 aromatic heterocycles. The van der Waals surface area contributed by atoms with E-state index >= 15 is 0 Å². The molecule has 35 heavy (non-hydrogen) atoms. The number of rotatable bonds is 3. The van der Waals surface area contributed by atoms with Gasteiger partial charge >= 0.3 is 0 Å². The Morgan fingerprint density at radius 2 is 1.71 bits per heavy atom. The Morgan fingerprint density at radius 1 is 0.914 bits per heavy atom. The molecule has 0 saturated carbocycles. The van der Waals surface area contributed by atoms with E-state index in [1.807, 2.05) is 6.07 Å². The Kier molecular flexibility index (Phi) is 5.03. The first-order valence-electron chi connectivity index (χ1n) is 12.2. The predicted octanol–water partition coefficient (Wildman–Crippen LogP) is 5.71. The average Bonchev–Trinajstić information content (AvgIpc) is 3.54. The molecule has 0 bridgehead atoms. The molecule has 0 aliphatic carbocycles. The van der Waals surface area contributed by atoms with Crippen LogP contribution in [0.3, 0.4) is 0 Å². The molecule has 3 aromatic rings. The van der Waals surface area contributed by atoms with Crippen molar-refractivity contribution >= 4 is 21.6 Å². The van der Waals surface area contributed by atoms with Crippen LogP contribution in [0.25, 0.3) is 0 Å². The molecule has 178 valence electrons. The molecule has 1 atom stereocenters. The molecule has 4 aliphatic rings. The van der Waals surface area contributed by atoms with Crippen LogP contribution in [0.15, 0.2) is 76.3 Å². The molecule has 7 heteroatoms. The summed E-state index contributed by atoms with van der Waals surface area (Å²) in [6.07, 6.45) is 2.65. The summed E-state index contributed by atoms with van der Waals surface area (Å²) >= 11 is 3.66. The van der Waals surface area contributed by atoms with Gasteiger partial charge in [0.2, 0.25) is 12.5 Å². The minimum absolute atomic E-state index is 0.150. The summed E-state index contributed by atoms with van der Waals surface area (Å²) in [6.45, 7) is 3.19. The van der Waals surface area contributed by atoms with Crippen LogP contribution in [0.4, 0.5) is 0 Å². The Morgan fingerprint density at radius 3 is 2.57 bits per heavy atom. The first kappa shape index (κ1) is 21.3. The van der Waals surface area contributed by atoms with Gasteiger partial charge in [-0.05, 0) is 42.0 Å². The predicted molar refractivity (Wildman–Crippen MR) is 137 cm³/mol. The highest BCUT2D eigenvalue weighted by Gasteiger charge is 2.51. The van der Waals surface area contributed by atoms with Crippen molar-refractivity contribution in [3.05, 3.63) is 87.9 Å². The lowest BCUT2D eigenvalue weighted by molar-refractivity contribution is -0.150. The largest absolute Gasteiger partial charge is 0.466 e. The van der Waals surface area contributed by atoms with Crippen molar-refractivity contribution in [3.8, 4) is 17.2 Å². The monoisotopic (exact) mass is 531 g/mol. The van der Waals surface area contributed by atoms with E-state index in [4.69, 9.17) is 19.3 Å². The van der Waals surface area contributed by atoms with E-state index < -0.39 is 5.72 Å². The molecule has 3 aromatic carbocycles. The fourth-order valence-electron chi connectivity index (χ4n) is 5.74. The highest BCUT2D eigenvalue weighted by atomic mass is 79.9. The zero-order valence-corrected chi connectivity index (χ0v) is 20.9. The number of benzene rings is 3. The number of piperidine rings is 1. The lowest BCUT2D eigenvalue weighted by Crippen LogP contribution is -2.59. The quantitative estimate of drug-likeness (QED) is 0.433. The third-order valence-electron chi connectivity index (χ3n) is 7.55. The van der Waals surface area contributed by atoms with Gasteiger partial charge in [0.15, 0.2) is 11.5 Å². The maximum Gasteiger partial charge on any atom is 0.231 e. The summed E-state index contributed by atoms with van der Waals surface area (Å²) < 4.78 is 19.0. The van der Waals surface area contributed by atoms with E-state index in [1.54, 1.807) is 0 Å². The average molecular weight is 532 g/mol. The lowest BCUT2D eigenvalue weighted by atomic mass is 9.90. The topological polar surface area (TPSA) is 46.5 Å². The van der Waals surface area contributed by atoms with Crippen molar-refractivity contribution in [3.63, 3.8) is 0 Å². The molecule has 0 radical (unpaired) electrons. The second-order valence-corrected chi connectivity index (χ2v) is 10.6. The zero-order valence-electron chi connectivity index (χ0n) is 19.3. The van der Waals surface area contributed by atoms with Crippen molar-refractivity contribution in [2.45, 2.75) is 37.6 Å². The van der Waals surface area contributed by atoms with E-state index in [9.17, 15) is 0 Å². The van der Waals surface area contributed by atoms with E-state index in [0.29, 0.717) is 0 Å². The van der Waals surface area contributed by atoms with Gasteiger partial charge in [0.25, 0.3) is 0 Å². The molecule has 0 unspecified atom stereocenters. The van der Waals surface area contributed by atoms with Crippen molar-refractivity contribution in [1.82, 2.24) is 9.91 Å². The van der Waals surface area contributed by atoms with E-state index in [2.05, 4.69) is 86.5 Å². The molecule has 7 rings (SSSR count). The van der Waals surface area contributed by atoms with Crippen molar-refractivity contribution in [2.75, 3.05) is 19.9 Å². The molecule has 4 heterocycles. The maximum absolute atomic E-state index is 6.81. The van der Waals surface area contributed by atoms with Crippen molar-refractivity contribution < 1.29 is 14.2 Å². The second-order valence-electron chi connectivity index (χ2n) is 9.67. The molecule has 4 aliphatic heterocycles. The minimum Gasteiger partial charge on any atom is -0.466 e. The van der Waals surface area contributed by atoms with Crippen LogP contribution >= 0.6 is 15.9 Å². The summed E-state index contributed by atoms with van der Waals surface area (Å²) in [5, 5.41) is 7.48. The summed E-state index contributed by atoms with van der Waals surface area (Å²) in [4.78, 5) is 2.52. The molecule has 1 fully saturated rings. The molecule has 1 spiro atoms. The first-order chi connectivity index (χ1) is 17.2. The summed E-state index contributed by atoms with van der Waals surface area (Å²) in [5.74, 6) is 2.57. The highest BCUT2D eigenvalue weighted by molar-refractivity contribution is 9.10. The SMILES string of the molecule is Brc1ccc2c(c1)[C@H]1CC(c3ccc4c(c3)OCO4)=NN1C1(CCN(Cc3ccccc3)CC1)O2. The van der Waals surface area contributed by atoms with Crippen LogP contribution in [-0.2, 0) is 6.54 Å². The van der Waals surface area contributed by atoms with Gasteiger partial charge in [0, 0.05) is 54.5 Å². The Balaban J connectivity index is 1.20. The van der Waals surface area contributed by atoms with Gasteiger partial charge < -0.3 is 14.2 Å². The van der Waals surface area contributed by atoms with Crippen molar-refractivity contribution in [1.29, 1.82) is 0 Å². The normalized spacial score (nSPS) is 21.9. The fourth-order valence-corrected chi connectivity index (χ4v) is 6.11. The number of likely N-dealkylation sites (tertiary alicyclic amines) is 1. The third-order valence-corrected chi connectivity index (χ3v) is 8.04. The lowest BCUT2D eigenvalue weighted by Gasteiger charge is -2.51. The van der Waals surface area contributed by atoms with Gasteiger partial charge in [-0.15, -0.1) is 0 Å². The fraction of sp³-hybridized carbons (Fsp3) is 0.321. The van der Waals surface area contributed by atoms with E-state index in [0.717, 1.165) is 71.9 Å². The van der Waals surface area contributed by atoms with Gasteiger partial charge in [0.1, 0.15) is 5.75 Å². The third kappa shape index (κ3) is 3.69. The Labute approximate surface area is 213 Å².